The van der Waals surface area contributed by atoms with Crippen LogP contribution in [0.2, 0.25) is 0 Å². The highest BCUT2D eigenvalue weighted by molar-refractivity contribution is 5.79. The first-order chi connectivity index (χ1) is 8.61. The Morgan fingerprint density at radius 3 is 2.72 bits per heavy atom. The normalized spacial score (nSPS) is 38.7. The van der Waals surface area contributed by atoms with Crippen LogP contribution >= 0.6 is 0 Å². The largest absolute Gasteiger partial charge is 0.348 e. The van der Waals surface area contributed by atoms with Gasteiger partial charge in [-0.3, -0.25) is 4.79 Å². The van der Waals surface area contributed by atoms with Crippen LogP contribution in [-0.2, 0) is 14.3 Å². The summed E-state index contributed by atoms with van der Waals surface area (Å²) in [5.74, 6) is 1.02. The number of ketones is 1. The highest BCUT2D eigenvalue weighted by atomic mass is 16.7. The zero-order chi connectivity index (χ0) is 12.8. The van der Waals surface area contributed by atoms with E-state index in [9.17, 15) is 4.79 Å². The van der Waals surface area contributed by atoms with Gasteiger partial charge in [-0.05, 0) is 38.0 Å². The third-order valence-corrected chi connectivity index (χ3v) is 5.05. The van der Waals surface area contributed by atoms with Gasteiger partial charge in [0.25, 0.3) is 0 Å². The molecule has 1 aliphatic heterocycles. The van der Waals surface area contributed by atoms with Crippen molar-refractivity contribution in [2.24, 2.45) is 17.8 Å². The van der Waals surface area contributed by atoms with Gasteiger partial charge in [0.2, 0.25) is 0 Å². The lowest BCUT2D eigenvalue weighted by molar-refractivity contribution is -0.199. The fourth-order valence-electron chi connectivity index (χ4n) is 4.13. The van der Waals surface area contributed by atoms with Crippen molar-refractivity contribution in [3.05, 3.63) is 12.2 Å². The predicted octanol–water partition coefficient (Wildman–Crippen LogP) is 2.70. The molecule has 0 bridgehead atoms. The molecule has 0 aromatic rings. The Kier molecular flexibility index (Phi) is 3.07. The van der Waals surface area contributed by atoms with Crippen LogP contribution < -0.4 is 0 Å². The molecule has 1 saturated heterocycles. The van der Waals surface area contributed by atoms with Crippen LogP contribution in [0.15, 0.2) is 12.2 Å². The van der Waals surface area contributed by atoms with E-state index in [1.165, 1.54) is 5.57 Å². The summed E-state index contributed by atoms with van der Waals surface area (Å²) in [5, 5.41) is 0. The standard InChI is InChI=1S/C15H22O3/c1-10-3-4-13(11(2)16)14-9-15(6-5-12(10)14)17-7-8-18-15/h12-14H,1,3-9H2,2H3/t12-,13-,14+/m0/s1. The van der Waals surface area contributed by atoms with Gasteiger partial charge < -0.3 is 9.47 Å². The van der Waals surface area contributed by atoms with Gasteiger partial charge in [-0.1, -0.05) is 12.2 Å². The number of carbonyl (C=O) groups excluding carboxylic acids is 1. The maximum absolute atomic E-state index is 11.9. The average molecular weight is 250 g/mol. The Morgan fingerprint density at radius 2 is 2.06 bits per heavy atom. The van der Waals surface area contributed by atoms with Crippen LogP contribution in [0.3, 0.4) is 0 Å². The van der Waals surface area contributed by atoms with E-state index in [-0.39, 0.29) is 11.7 Å². The van der Waals surface area contributed by atoms with Crippen molar-refractivity contribution in [3.63, 3.8) is 0 Å². The quantitative estimate of drug-likeness (QED) is 0.671. The fraction of sp³-hybridized carbons (Fsp3) is 0.800. The van der Waals surface area contributed by atoms with Gasteiger partial charge in [0, 0.05) is 18.8 Å². The first-order valence-corrected chi connectivity index (χ1v) is 7.07. The molecule has 1 spiro atoms. The lowest BCUT2D eigenvalue weighted by atomic mass is 9.61. The Balaban J connectivity index is 1.83. The molecule has 18 heavy (non-hydrogen) atoms. The minimum absolute atomic E-state index is 0.186. The van der Waals surface area contributed by atoms with E-state index in [2.05, 4.69) is 6.58 Å². The third-order valence-electron chi connectivity index (χ3n) is 5.05. The molecular weight excluding hydrogens is 228 g/mol. The molecule has 3 nitrogen and oxygen atoms in total. The Morgan fingerprint density at radius 1 is 1.33 bits per heavy atom. The van der Waals surface area contributed by atoms with E-state index in [4.69, 9.17) is 9.47 Å². The summed E-state index contributed by atoms with van der Waals surface area (Å²) in [6.45, 7) is 7.34. The molecule has 100 valence electrons. The molecular formula is C15H22O3. The van der Waals surface area contributed by atoms with Crippen molar-refractivity contribution in [1.82, 2.24) is 0 Å². The molecule has 0 aromatic carbocycles. The predicted molar refractivity (Wildman–Crippen MR) is 68.0 cm³/mol. The number of rotatable bonds is 1. The molecule has 3 heteroatoms. The summed E-state index contributed by atoms with van der Waals surface area (Å²) in [5.41, 5.74) is 1.34. The van der Waals surface area contributed by atoms with Crippen molar-refractivity contribution in [1.29, 1.82) is 0 Å². The second-order valence-electron chi connectivity index (χ2n) is 6.03. The van der Waals surface area contributed by atoms with Crippen LogP contribution in [0.25, 0.3) is 0 Å². The summed E-state index contributed by atoms with van der Waals surface area (Å²) < 4.78 is 11.7. The van der Waals surface area contributed by atoms with Gasteiger partial charge in [-0.25, -0.2) is 0 Å². The fourth-order valence-corrected chi connectivity index (χ4v) is 4.13. The van der Waals surface area contributed by atoms with Crippen molar-refractivity contribution >= 4 is 5.78 Å². The van der Waals surface area contributed by atoms with Gasteiger partial charge in [0.15, 0.2) is 5.79 Å². The first-order valence-electron chi connectivity index (χ1n) is 7.07. The van der Waals surface area contributed by atoms with Gasteiger partial charge in [-0.15, -0.1) is 0 Å². The monoisotopic (exact) mass is 250 g/mol. The van der Waals surface area contributed by atoms with Gasteiger partial charge in [0.1, 0.15) is 5.78 Å². The van der Waals surface area contributed by atoms with E-state index in [1.54, 1.807) is 6.92 Å². The van der Waals surface area contributed by atoms with Crippen LogP contribution in [0.5, 0.6) is 0 Å². The molecule has 0 radical (unpaired) electrons. The minimum Gasteiger partial charge on any atom is -0.348 e. The first kappa shape index (κ1) is 12.4. The topological polar surface area (TPSA) is 35.5 Å². The molecule has 3 atom stereocenters. The average Bonchev–Trinajstić information content (AvgIpc) is 2.77. The van der Waals surface area contributed by atoms with E-state index in [0.717, 1.165) is 32.1 Å². The van der Waals surface area contributed by atoms with E-state index < -0.39 is 0 Å². The minimum atomic E-state index is -0.382. The second-order valence-corrected chi connectivity index (χ2v) is 6.03. The third kappa shape index (κ3) is 1.94. The summed E-state index contributed by atoms with van der Waals surface area (Å²) >= 11 is 0. The Hall–Kier alpha value is -0.670. The van der Waals surface area contributed by atoms with Crippen LogP contribution in [-0.4, -0.2) is 24.8 Å². The van der Waals surface area contributed by atoms with Crippen molar-refractivity contribution in [2.45, 2.75) is 44.8 Å². The number of ether oxygens (including phenoxy) is 2. The number of carbonyl (C=O) groups is 1. The Labute approximate surface area is 109 Å². The molecule has 3 fully saturated rings. The number of Topliss-reactive ketones (excluding diaryl/α,β-unsaturated/α-hetero) is 1. The second kappa shape index (κ2) is 4.46. The van der Waals surface area contributed by atoms with Crippen LogP contribution in [0.1, 0.15) is 39.0 Å². The van der Waals surface area contributed by atoms with Gasteiger partial charge >= 0.3 is 0 Å². The van der Waals surface area contributed by atoms with Gasteiger partial charge in [0.05, 0.1) is 13.2 Å². The van der Waals surface area contributed by atoms with Crippen LogP contribution in [0, 0.1) is 17.8 Å². The lowest BCUT2D eigenvalue weighted by Crippen LogP contribution is -2.46. The van der Waals surface area contributed by atoms with Crippen molar-refractivity contribution < 1.29 is 14.3 Å². The zero-order valence-electron chi connectivity index (χ0n) is 11.1. The summed E-state index contributed by atoms with van der Waals surface area (Å²) in [6.07, 6.45) is 4.87. The maximum Gasteiger partial charge on any atom is 0.168 e. The Bertz CT molecular complexity index is 366. The SMILES string of the molecule is C=C1CC[C@@H](C(C)=O)[C@@H]2CC3(CC[C@@H]12)OCCO3. The highest BCUT2D eigenvalue weighted by Crippen LogP contribution is 2.51. The smallest absolute Gasteiger partial charge is 0.168 e. The molecule has 0 unspecified atom stereocenters. The number of allylic oxidation sites excluding steroid dienone is 1. The maximum atomic E-state index is 11.9. The number of hydrogen-bond donors (Lipinski definition) is 0. The summed E-state index contributed by atoms with van der Waals surface area (Å²) in [4.78, 5) is 11.9. The summed E-state index contributed by atoms with van der Waals surface area (Å²) in [7, 11) is 0. The highest BCUT2D eigenvalue weighted by Gasteiger charge is 2.49. The van der Waals surface area contributed by atoms with Crippen molar-refractivity contribution in [2.75, 3.05) is 13.2 Å². The number of fused-ring (bicyclic) bond motifs is 1. The molecule has 3 rings (SSSR count). The molecule has 1 heterocycles. The van der Waals surface area contributed by atoms with E-state index >= 15 is 0 Å². The van der Waals surface area contributed by atoms with Crippen molar-refractivity contribution in [3.8, 4) is 0 Å². The molecule has 0 aromatic heterocycles. The zero-order valence-corrected chi connectivity index (χ0v) is 11.1. The number of hydrogen-bond acceptors (Lipinski definition) is 3. The van der Waals surface area contributed by atoms with E-state index in [0.29, 0.717) is 30.8 Å². The van der Waals surface area contributed by atoms with Crippen LogP contribution in [0.4, 0.5) is 0 Å². The van der Waals surface area contributed by atoms with Gasteiger partial charge in [-0.2, -0.15) is 0 Å². The molecule has 2 saturated carbocycles. The molecule has 2 aliphatic carbocycles. The molecule has 0 amide bonds. The molecule has 3 aliphatic rings. The molecule has 0 N–H and O–H groups in total. The lowest BCUT2D eigenvalue weighted by Gasteiger charge is -2.47. The summed E-state index contributed by atoms with van der Waals surface area (Å²) in [6, 6.07) is 0. The van der Waals surface area contributed by atoms with E-state index in [1.807, 2.05) is 0 Å².